The lowest BCUT2D eigenvalue weighted by molar-refractivity contribution is -0.135. The van der Waals surface area contributed by atoms with Gasteiger partial charge in [-0.25, -0.2) is 4.79 Å². The molecule has 4 amide bonds. The first kappa shape index (κ1) is 27.9. The van der Waals surface area contributed by atoms with Crippen LogP contribution in [0.5, 0.6) is 0 Å². The summed E-state index contributed by atoms with van der Waals surface area (Å²) in [6.07, 6.45) is 4.29. The predicted octanol–water partition coefficient (Wildman–Crippen LogP) is 4.23. The van der Waals surface area contributed by atoms with Gasteiger partial charge in [0.15, 0.2) is 0 Å². The number of hydrogen-bond acceptors (Lipinski definition) is 4. The van der Waals surface area contributed by atoms with E-state index in [1.807, 2.05) is 11.0 Å². The van der Waals surface area contributed by atoms with Crippen LogP contribution in [0.25, 0.3) is 0 Å². The Labute approximate surface area is 227 Å². The number of benzene rings is 1. The van der Waals surface area contributed by atoms with Crippen LogP contribution in [0.1, 0.15) is 64.4 Å². The van der Waals surface area contributed by atoms with Gasteiger partial charge in [0.1, 0.15) is 5.54 Å². The van der Waals surface area contributed by atoms with E-state index in [1.165, 1.54) is 10.5 Å². The van der Waals surface area contributed by atoms with Crippen molar-refractivity contribution in [2.45, 2.75) is 64.3 Å². The van der Waals surface area contributed by atoms with Crippen LogP contribution in [-0.4, -0.2) is 89.3 Å². The molecular weight excluding hydrogens is 488 g/mol. The van der Waals surface area contributed by atoms with E-state index in [9.17, 15) is 14.4 Å². The highest BCUT2D eigenvalue weighted by atomic mass is 35.5. The lowest BCUT2D eigenvalue weighted by Crippen LogP contribution is -2.57. The summed E-state index contributed by atoms with van der Waals surface area (Å²) in [6, 6.07) is 10.5. The first-order valence-corrected chi connectivity index (χ1v) is 13.7. The molecule has 0 radical (unpaired) electrons. The molecule has 8 heteroatoms. The Hall–Kier alpha value is -2.12. The Morgan fingerprint density at radius 3 is 2.24 bits per heavy atom. The maximum atomic E-state index is 13.2. The molecule has 37 heavy (non-hydrogen) atoms. The van der Waals surface area contributed by atoms with E-state index in [0.717, 1.165) is 52.1 Å². The van der Waals surface area contributed by atoms with E-state index in [0.29, 0.717) is 37.0 Å². The Kier molecular flexibility index (Phi) is 7.97. The number of hydrogen-bond donors (Lipinski definition) is 0. The fourth-order valence-electron chi connectivity index (χ4n) is 6.51. The van der Waals surface area contributed by atoms with E-state index >= 15 is 0 Å². The average Bonchev–Trinajstić information content (AvgIpc) is 3.54. The molecule has 0 aromatic heterocycles. The van der Waals surface area contributed by atoms with Crippen molar-refractivity contribution in [1.82, 2.24) is 19.6 Å². The summed E-state index contributed by atoms with van der Waals surface area (Å²) in [4.78, 5) is 47.0. The number of rotatable bonds is 6. The zero-order valence-corrected chi connectivity index (χ0v) is 23.6. The highest BCUT2D eigenvalue weighted by Gasteiger charge is 2.57. The van der Waals surface area contributed by atoms with Crippen LogP contribution in [0.4, 0.5) is 4.79 Å². The van der Waals surface area contributed by atoms with Crippen LogP contribution in [0.2, 0.25) is 0 Å². The Morgan fingerprint density at radius 2 is 1.65 bits per heavy atom. The summed E-state index contributed by atoms with van der Waals surface area (Å²) in [5, 5.41) is 0. The van der Waals surface area contributed by atoms with Gasteiger partial charge in [-0.1, -0.05) is 51.1 Å². The number of halogens is 1. The highest BCUT2D eigenvalue weighted by Crippen LogP contribution is 2.42. The fraction of sp³-hybridized carbons (Fsp3) is 0.690. The van der Waals surface area contributed by atoms with Crippen molar-refractivity contribution >= 4 is 30.3 Å². The summed E-state index contributed by atoms with van der Waals surface area (Å²) in [5.41, 5.74) is 0.619. The van der Waals surface area contributed by atoms with Gasteiger partial charge in [0.25, 0.3) is 5.91 Å². The molecule has 1 aromatic rings. The molecule has 4 aliphatic rings. The van der Waals surface area contributed by atoms with Crippen LogP contribution < -0.4 is 0 Å². The number of carbonyl (C=O) groups is 3. The normalized spacial score (nSPS) is 26.2. The second kappa shape index (κ2) is 10.6. The van der Waals surface area contributed by atoms with Gasteiger partial charge in [0.05, 0.1) is 0 Å². The molecule has 2 unspecified atom stereocenters. The third-order valence-corrected chi connectivity index (χ3v) is 8.75. The molecule has 1 saturated carbocycles. The molecule has 3 aliphatic heterocycles. The molecular formula is C29H43ClN4O3. The van der Waals surface area contributed by atoms with E-state index in [1.54, 1.807) is 7.05 Å². The molecule has 3 saturated heterocycles. The first-order valence-electron chi connectivity index (χ1n) is 13.7. The second-order valence-corrected chi connectivity index (χ2v) is 12.8. The van der Waals surface area contributed by atoms with Crippen LogP contribution in [-0.2, 0) is 9.59 Å². The van der Waals surface area contributed by atoms with Gasteiger partial charge in [-0.15, -0.1) is 12.4 Å². The first-order chi connectivity index (χ1) is 17.1. The molecule has 1 aromatic carbocycles. The quantitative estimate of drug-likeness (QED) is 0.516. The Morgan fingerprint density at radius 1 is 1.00 bits per heavy atom. The molecule has 1 spiro atoms. The minimum atomic E-state index is -0.659. The Bertz CT molecular complexity index is 998. The predicted molar refractivity (Wildman–Crippen MR) is 147 cm³/mol. The molecule has 1 aliphatic carbocycles. The number of piperidine rings is 1. The van der Waals surface area contributed by atoms with E-state index < -0.39 is 5.54 Å². The van der Waals surface area contributed by atoms with Crippen LogP contribution in [0, 0.1) is 17.3 Å². The highest BCUT2D eigenvalue weighted by molar-refractivity contribution is 6.06. The van der Waals surface area contributed by atoms with Crippen molar-refractivity contribution in [3.05, 3.63) is 35.9 Å². The minimum Gasteiger partial charge on any atom is -0.342 e. The van der Waals surface area contributed by atoms with Crippen molar-refractivity contribution in [2.24, 2.45) is 17.3 Å². The molecule has 7 nitrogen and oxygen atoms in total. The minimum absolute atomic E-state index is 0. The average molecular weight is 531 g/mol. The van der Waals surface area contributed by atoms with Crippen LogP contribution in [0.15, 0.2) is 30.3 Å². The smallest absolute Gasteiger partial charge is 0.327 e. The monoisotopic (exact) mass is 530 g/mol. The number of likely N-dealkylation sites (N-methyl/N-ethyl adjacent to an activating group) is 1. The lowest BCUT2D eigenvalue weighted by Gasteiger charge is -2.43. The number of imide groups is 1. The van der Waals surface area contributed by atoms with Crippen molar-refractivity contribution in [1.29, 1.82) is 0 Å². The summed E-state index contributed by atoms with van der Waals surface area (Å²) >= 11 is 0. The summed E-state index contributed by atoms with van der Waals surface area (Å²) < 4.78 is 0. The molecule has 3 heterocycles. The van der Waals surface area contributed by atoms with E-state index in [2.05, 4.69) is 54.8 Å². The third kappa shape index (κ3) is 5.68. The summed E-state index contributed by atoms with van der Waals surface area (Å²) in [5.74, 6) is 1.46. The number of likely N-dealkylation sites (tertiary alicyclic amines) is 2. The maximum absolute atomic E-state index is 13.2. The van der Waals surface area contributed by atoms with Crippen molar-refractivity contribution < 1.29 is 14.4 Å². The SMILES string of the molecule is CN1C(=O)N(CC2CC2)C2(CCN(CC3CN(C(=O)CC(C)(C)C)CC3c3ccccc3)CC2)C1=O.Cl. The topological polar surface area (TPSA) is 64.2 Å². The zero-order valence-electron chi connectivity index (χ0n) is 22.8. The van der Waals surface area contributed by atoms with Gasteiger partial charge in [0.2, 0.25) is 5.91 Å². The molecule has 2 atom stereocenters. The molecule has 0 N–H and O–H groups in total. The molecule has 4 fully saturated rings. The van der Waals surface area contributed by atoms with Gasteiger partial charge in [0, 0.05) is 58.7 Å². The second-order valence-electron chi connectivity index (χ2n) is 12.8. The van der Waals surface area contributed by atoms with Gasteiger partial charge < -0.3 is 14.7 Å². The van der Waals surface area contributed by atoms with Crippen molar-refractivity contribution in [3.63, 3.8) is 0 Å². The Balaban J connectivity index is 0.00000320. The lowest BCUT2D eigenvalue weighted by atomic mass is 9.84. The molecule has 204 valence electrons. The molecule has 5 rings (SSSR count). The number of nitrogens with zero attached hydrogens (tertiary/aromatic N) is 4. The van der Waals surface area contributed by atoms with Crippen molar-refractivity contribution in [3.8, 4) is 0 Å². The van der Waals surface area contributed by atoms with Gasteiger partial charge in [-0.05, 0) is 48.5 Å². The number of carbonyl (C=O) groups excluding carboxylic acids is 3. The largest absolute Gasteiger partial charge is 0.342 e. The van der Waals surface area contributed by atoms with E-state index in [4.69, 9.17) is 0 Å². The maximum Gasteiger partial charge on any atom is 0.327 e. The zero-order chi connectivity index (χ0) is 25.7. The van der Waals surface area contributed by atoms with Crippen LogP contribution in [0.3, 0.4) is 0 Å². The number of urea groups is 1. The summed E-state index contributed by atoms with van der Waals surface area (Å²) in [6.45, 7) is 11.2. The van der Waals surface area contributed by atoms with Gasteiger partial charge in [-0.2, -0.15) is 0 Å². The summed E-state index contributed by atoms with van der Waals surface area (Å²) in [7, 11) is 1.64. The fourth-order valence-corrected chi connectivity index (χ4v) is 6.51. The number of amides is 4. The third-order valence-electron chi connectivity index (χ3n) is 8.75. The van der Waals surface area contributed by atoms with Crippen LogP contribution >= 0.6 is 12.4 Å². The van der Waals surface area contributed by atoms with E-state index in [-0.39, 0.29) is 35.7 Å². The van der Waals surface area contributed by atoms with Gasteiger partial charge >= 0.3 is 6.03 Å². The van der Waals surface area contributed by atoms with Gasteiger partial charge in [-0.3, -0.25) is 14.5 Å². The van der Waals surface area contributed by atoms with Crippen molar-refractivity contribution in [2.75, 3.05) is 46.3 Å². The molecule has 0 bridgehead atoms. The standard InChI is InChI=1S/C29H42N4O3.ClH/c1-28(2,3)16-25(34)32-19-23(24(20-32)22-8-6-5-7-9-22)18-31-14-12-29(13-15-31)26(35)30(4)27(36)33(29)17-21-10-11-21;/h5-9,21,23-24H,10-20H2,1-4H3;1H.